The normalized spacial score (nSPS) is 14.6. The van der Waals surface area contributed by atoms with E-state index in [4.69, 9.17) is 0 Å². The van der Waals surface area contributed by atoms with E-state index in [-0.39, 0.29) is 22.2 Å². The van der Waals surface area contributed by atoms with Gasteiger partial charge < -0.3 is 9.88 Å². The second-order valence-electron chi connectivity index (χ2n) is 8.17. The van der Waals surface area contributed by atoms with Crippen molar-refractivity contribution in [3.63, 3.8) is 0 Å². The van der Waals surface area contributed by atoms with Crippen LogP contribution in [0.25, 0.3) is 11.8 Å². The van der Waals surface area contributed by atoms with Crippen LogP contribution in [0.3, 0.4) is 0 Å². The Morgan fingerprint density at radius 1 is 0.917 bits per heavy atom. The van der Waals surface area contributed by atoms with E-state index in [0.29, 0.717) is 16.9 Å². The summed E-state index contributed by atoms with van der Waals surface area (Å²) < 4.78 is 71.3. The third kappa shape index (κ3) is 4.06. The quantitative estimate of drug-likeness (QED) is 0.220. The molecule has 0 saturated carbocycles. The molecule has 0 atom stereocenters. The highest BCUT2D eigenvalue weighted by molar-refractivity contribution is 6.32. The Morgan fingerprint density at radius 2 is 1.47 bits per heavy atom. The van der Waals surface area contributed by atoms with Crippen molar-refractivity contribution < 1.29 is 31.5 Å². The number of hydrazone groups is 1. The van der Waals surface area contributed by atoms with Gasteiger partial charge in [0.05, 0.1) is 11.3 Å². The van der Waals surface area contributed by atoms with Crippen molar-refractivity contribution in [2.45, 2.75) is 27.7 Å². The first kappa shape index (κ1) is 24.8. The Morgan fingerprint density at radius 3 is 2.03 bits per heavy atom. The van der Waals surface area contributed by atoms with Crippen molar-refractivity contribution in [2.24, 2.45) is 5.10 Å². The molecule has 3 aromatic rings. The topological polar surface area (TPSA) is 66.7 Å². The summed E-state index contributed by atoms with van der Waals surface area (Å²) >= 11 is 0. The molecule has 4 rings (SSSR count). The molecule has 11 heteroatoms. The van der Waals surface area contributed by atoms with Gasteiger partial charge in [-0.15, -0.1) is 0 Å². The Hall–Kier alpha value is -4.28. The summed E-state index contributed by atoms with van der Waals surface area (Å²) in [5.74, 6) is -12.2. The second kappa shape index (κ2) is 9.06. The predicted molar refractivity (Wildman–Crippen MR) is 124 cm³/mol. The summed E-state index contributed by atoms with van der Waals surface area (Å²) in [5.41, 5.74) is 2.00. The van der Waals surface area contributed by atoms with Crippen LogP contribution in [0.15, 0.2) is 41.0 Å². The van der Waals surface area contributed by atoms with Gasteiger partial charge in [-0.2, -0.15) is 10.1 Å². The number of nitrogens with one attached hydrogen (secondary N) is 1. The van der Waals surface area contributed by atoms with Crippen LogP contribution in [-0.4, -0.2) is 22.1 Å². The Bertz CT molecular complexity index is 1460. The lowest BCUT2D eigenvalue weighted by Crippen LogP contribution is -2.25. The molecular weight excluding hydrogens is 483 g/mol. The minimum atomic E-state index is -2.32. The number of benzene rings is 2. The Balaban J connectivity index is 1.72. The van der Waals surface area contributed by atoms with Crippen molar-refractivity contribution >= 4 is 35.0 Å². The summed E-state index contributed by atoms with van der Waals surface area (Å²) in [5, 5.41) is 6.61. The Labute approximate surface area is 202 Å². The molecule has 0 bridgehead atoms. The highest BCUT2D eigenvalue weighted by Gasteiger charge is 2.37. The first-order valence-electron chi connectivity index (χ1n) is 10.6. The molecule has 1 aliphatic heterocycles. The highest BCUT2D eigenvalue weighted by atomic mass is 19.2. The van der Waals surface area contributed by atoms with Gasteiger partial charge in [-0.05, 0) is 62.7 Å². The van der Waals surface area contributed by atoms with Crippen LogP contribution >= 0.6 is 0 Å². The average molecular weight is 502 g/mol. The molecule has 0 radical (unpaired) electrons. The first-order valence-corrected chi connectivity index (χ1v) is 10.6. The van der Waals surface area contributed by atoms with E-state index in [1.807, 2.05) is 11.5 Å². The van der Waals surface area contributed by atoms with E-state index in [9.17, 15) is 31.5 Å². The standard InChI is InChI=1S/C25H19F5N4O2/c1-11-9-15(13(3)33(11)17-7-5-16(6-8-17)31-14(4)35)10-18-12(2)32-34(25(18)36)24-22(29)20(27)19(26)21(28)23(24)30/h5-10H,1-4H3,(H,31,35)/b18-10+. The summed E-state index contributed by atoms with van der Waals surface area (Å²) in [6, 6.07) is 8.81. The molecule has 2 amide bonds. The van der Waals surface area contributed by atoms with Crippen LogP contribution in [0, 0.1) is 42.9 Å². The number of rotatable bonds is 4. The highest BCUT2D eigenvalue weighted by Crippen LogP contribution is 2.34. The van der Waals surface area contributed by atoms with Gasteiger partial charge in [0.15, 0.2) is 23.3 Å². The molecule has 0 aliphatic carbocycles. The molecule has 0 saturated heterocycles. The smallest absolute Gasteiger partial charge is 0.280 e. The number of aryl methyl sites for hydroxylation is 1. The number of carbonyl (C=O) groups is 2. The SMILES string of the molecule is CC(=O)Nc1ccc(-n2c(C)cc(/C=C3/C(=O)N(c4c(F)c(F)c(F)c(F)c4F)N=C3C)c2C)cc1. The maximum atomic E-state index is 14.3. The summed E-state index contributed by atoms with van der Waals surface area (Å²) in [7, 11) is 0. The average Bonchev–Trinajstić information content (AvgIpc) is 3.26. The summed E-state index contributed by atoms with van der Waals surface area (Å²) in [4.78, 5) is 24.2. The molecule has 186 valence electrons. The van der Waals surface area contributed by atoms with E-state index in [1.165, 1.54) is 19.9 Å². The third-order valence-corrected chi connectivity index (χ3v) is 5.68. The van der Waals surface area contributed by atoms with Gasteiger partial charge in [0.2, 0.25) is 11.7 Å². The zero-order valence-electron chi connectivity index (χ0n) is 19.5. The van der Waals surface area contributed by atoms with E-state index < -0.39 is 40.7 Å². The summed E-state index contributed by atoms with van der Waals surface area (Å²) in [6.07, 6.45) is 1.44. The summed E-state index contributed by atoms with van der Waals surface area (Å²) in [6.45, 7) is 6.40. The fourth-order valence-corrected chi connectivity index (χ4v) is 4.00. The molecule has 6 nitrogen and oxygen atoms in total. The molecule has 36 heavy (non-hydrogen) atoms. The molecule has 0 unspecified atom stereocenters. The number of anilines is 2. The number of amides is 2. The zero-order chi connectivity index (χ0) is 26.5. The van der Waals surface area contributed by atoms with Crippen molar-refractivity contribution in [1.82, 2.24) is 4.57 Å². The number of aromatic nitrogens is 1. The van der Waals surface area contributed by atoms with E-state index in [2.05, 4.69) is 10.4 Å². The minimum Gasteiger partial charge on any atom is -0.326 e. The maximum Gasteiger partial charge on any atom is 0.280 e. The lowest BCUT2D eigenvalue weighted by Gasteiger charge is -2.15. The molecule has 2 aromatic carbocycles. The van der Waals surface area contributed by atoms with Gasteiger partial charge in [0, 0.05) is 29.7 Å². The number of hydrogen-bond donors (Lipinski definition) is 1. The first-order chi connectivity index (χ1) is 16.9. The fourth-order valence-electron chi connectivity index (χ4n) is 4.00. The predicted octanol–water partition coefficient (Wildman–Crippen LogP) is 5.55. The van der Waals surface area contributed by atoms with Crippen LogP contribution in [0.5, 0.6) is 0 Å². The van der Waals surface area contributed by atoms with E-state index >= 15 is 0 Å². The van der Waals surface area contributed by atoms with Crippen molar-refractivity contribution in [3.8, 4) is 5.69 Å². The molecule has 1 aromatic heterocycles. The van der Waals surface area contributed by atoms with Crippen molar-refractivity contribution in [3.05, 3.63) is 81.9 Å². The van der Waals surface area contributed by atoms with Crippen LogP contribution < -0.4 is 10.3 Å². The number of hydrogen-bond acceptors (Lipinski definition) is 3. The molecule has 2 heterocycles. The Kier molecular flexibility index (Phi) is 6.25. The maximum absolute atomic E-state index is 14.3. The van der Waals surface area contributed by atoms with Crippen molar-refractivity contribution in [2.75, 3.05) is 10.3 Å². The molecule has 0 fully saturated rings. The lowest BCUT2D eigenvalue weighted by molar-refractivity contribution is -0.115. The zero-order valence-corrected chi connectivity index (χ0v) is 19.5. The van der Waals surface area contributed by atoms with Gasteiger partial charge in [0.1, 0.15) is 5.69 Å². The number of nitrogens with zero attached hydrogens (tertiary/aromatic N) is 3. The van der Waals surface area contributed by atoms with E-state index in [0.717, 1.165) is 11.4 Å². The van der Waals surface area contributed by atoms with Gasteiger partial charge in [-0.1, -0.05) is 0 Å². The number of halogens is 5. The van der Waals surface area contributed by atoms with Gasteiger partial charge >= 0.3 is 0 Å². The number of carbonyl (C=O) groups excluding carboxylic acids is 2. The third-order valence-electron chi connectivity index (χ3n) is 5.68. The van der Waals surface area contributed by atoms with Crippen molar-refractivity contribution in [1.29, 1.82) is 0 Å². The molecule has 1 N–H and O–H groups in total. The monoisotopic (exact) mass is 502 g/mol. The van der Waals surface area contributed by atoms with Gasteiger partial charge in [0.25, 0.3) is 5.91 Å². The van der Waals surface area contributed by atoms with Gasteiger partial charge in [-0.25, -0.2) is 22.0 Å². The molecule has 0 spiro atoms. The fraction of sp³-hybridized carbons (Fsp3) is 0.160. The van der Waals surface area contributed by atoms with Crippen LogP contribution in [0.4, 0.5) is 33.3 Å². The lowest BCUT2D eigenvalue weighted by atomic mass is 10.1. The van der Waals surface area contributed by atoms with Crippen LogP contribution in [0.2, 0.25) is 0 Å². The molecule has 1 aliphatic rings. The largest absolute Gasteiger partial charge is 0.326 e. The van der Waals surface area contributed by atoms with Gasteiger partial charge in [-0.3, -0.25) is 9.59 Å². The van der Waals surface area contributed by atoms with E-state index in [1.54, 1.807) is 37.3 Å². The van der Waals surface area contributed by atoms with Crippen LogP contribution in [-0.2, 0) is 9.59 Å². The van der Waals surface area contributed by atoms with Crippen LogP contribution in [0.1, 0.15) is 30.8 Å². The molecular formula is C25H19F5N4O2. The second-order valence-corrected chi connectivity index (χ2v) is 8.17. The minimum absolute atomic E-state index is 0.0356.